The van der Waals surface area contributed by atoms with E-state index in [1.54, 1.807) is 36.4 Å². The second-order valence-corrected chi connectivity index (χ2v) is 9.85. The quantitative estimate of drug-likeness (QED) is 0.552. The van der Waals surface area contributed by atoms with Gasteiger partial charge in [0.1, 0.15) is 5.75 Å². The fraction of sp³-hybridized carbons (Fsp3) is 0.435. The minimum atomic E-state index is -5.88. The summed E-state index contributed by atoms with van der Waals surface area (Å²) >= 11 is 0. The smallest absolute Gasteiger partial charge is 0.477 e. The molecule has 0 aliphatic carbocycles. The molecule has 0 spiro atoms. The van der Waals surface area contributed by atoms with Gasteiger partial charge in [0.05, 0.1) is 0 Å². The molecule has 5 nitrogen and oxygen atoms in total. The second kappa shape index (κ2) is 9.94. The predicted molar refractivity (Wildman–Crippen MR) is 117 cm³/mol. The van der Waals surface area contributed by atoms with Crippen molar-refractivity contribution >= 4 is 15.9 Å². The molecule has 1 unspecified atom stereocenters. The molecule has 0 aromatic heterocycles. The maximum Gasteiger partial charge on any atom is 0.516 e. The minimum absolute atomic E-state index is 0.134. The summed E-state index contributed by atoms with van der Waals surface area (Å²) in [4.78, 5) is 12.8. The van der Waals surface area contributed by atoms with Crippen LogP contribution in [0.3, 0.4) is 0 Å². The van der Waals surface area contributed by atoms with E-state index >= 15 is 0 Å². The van der Waals surface area contributed by atoms with Crippen LogP contribution in [0.1, 0.15) is 56.7 Å². The molecule has 176 valence electrons. The number of rotatable bonds is 9. The lowest BCUT2D eigenvalue weighted by Gasteiger charge is -2.30. The molecule has 0 aliphatic rings. The fourth-order valence-corrected chi connectivity index (χ4v) is 3.71. The number of nitrogens with one attached hydrogen (secondary N) is 1. The van der Waals surface area contributed by atoms with Crippen molar-refractivity contribution in [1.82, 2.24) is 4.72 Å². The van der Waals surface area contributed by atoms with Crippen LogP contribution < -0.4 is 9.46 Å². The molecule has 0 radical (unpaired) electrons. The van der Waals surface area contributed by atoms with Crippen LogP contribution in [0.5, 0.6) is 5.75 Å². The molecule has 1 N–H and O–H groups in total. The third-order valence-corrected chi connectivity index (χ3v) is 6.07. The van der Waals surface area contributed by atoms with Crippen LogP contribution >= 0.6 is 0 Å². The highest BCUT2D eigenvalue weighted by atomic mass is 32.2. The lowest BCUT2D eigenvalue weighted by Crippen LogP contribution is -2.54. The van der Waals surface area contributed by atoms with Crippen molar-refractivity contribution in [2.45, 2.75) is 64.0 Å². The van der Waals surface area contributed by atoms with Gasteiger partial charge in [-0.25, -0.2) is 4.72 Å². The van der Waals surface area contributed by atoms with Gasteiger partial charge in [0.2, 0.25) is 0 Å². The van der Waals surface area contributed by atoms with Gasteiger partial charge in [-0.3, -0.25) is 4.79 Å². The SMILES string of the molecule is CCCc1ccc(CC(C)(Oc2ccc(C(C)C)cc2)C(=O)NS(=O)(=O)C(F)(F)F)cc1. The molecule has 0 fully saturated rings. The van der Waals surface area contributed by atoms with Crippen LogP contribution in [0.15, 0.2) is 48.5 Å². The predicted octanol–water partition coefficient (Wildman–Crippen LogP) is 5.11. The highest BCUT2D eigenvalue weighted by molar-refractivity contribution is 7.90. The molecule has 2 aromatic rings. The number of benzene rings is 2. The van der Waals surface area contributed by atoms with E-state index in [-0.39, 0.29) is 18.1 Å². The van der Waals surface area contributed by atoms with E-state index in [0.717, 1.165) is 28.7 Å². The first-order valence-corrected chi connectivity index (χ1v) is 11.8. The average molecular weight is 472 g/mol. The first-order valence-electron chi connectivity index (χ1n) is 10.3. The normalized spacial score (nSPS) is 14.1. The molecular formula is C23H28F3NO4S. The molecule has 0 saturated heterocycles. The molecule has 0 saturated carbocycles. The summed E-state index contributed by atoms with van der Waals surface area (Å²) in [5, 5.41) is 0. The zero-order chi connectivity index (χ0) is 24.2. The van der Waals surface area contributed by atoms with E-state index in [0.29, 0.717) is 5.56 Å². The molecule has 1 amide bonds. The Labute approximate surface area is 187 Å². The third kappa shape index (κ3) is 6.48. The van der Waals surface area contributed by atoms with Crippen molar-refractivity contribution in [1.29, 1.82) is 0 Å². The summed E-state index contributed by atoms with van der Waals surface area (Å²) in [5.74, 6) is -0.920. The maximum absolute atomic E-state index is 12.8. The number of hydrogen-bond acceptors (Lipinski definition) is 4. The van der Waals surface area contributed by atoms with Crippen molar-refractivity contribution in [3.63, 3.8) is 0 Å². The lowest BCUT2D eigenvalue weighted by molar-refractivity contribution is -0.134. The first kappa shape index (κ1) is 25.7. The third-order valence-electron chi connectivity index (χ3n) is 5.01. The van der Waals surface area contributed by atoms with Gasteiger partial charge in [0, 0.05) is 6.42 Å². The Morgan fingerprint density at radius 2 is 1.53 bits per heavy atom. The highest BCUT2D eigenvalue weighted by Crippen LogP contribution is 2.27. The Morgan fingerprint density at radius 1 is 1.00 bits per heavy atom. The number of alkyl halides is 3. The molecular weight excluding hydrogens is 443 g/mol. The summed E-state index contributed by atoms with van der Waals surface area (Å²) in [5.41, 5.74) is -4.83. The number of ether oxygens (including phenoxy) is 1. The summed E-state index contributed by atoms with van der Waals surface area (Å²) in [6.07, 6.45) is 1.68. The number of carbonyl (C=O) groups excluding carboxylic acids is 1. The lowest BCUT2D eigenvalue weighted by atomic mass is 9.94. The number of hydrogen-bond donors (Lipinski definition) is 1. The van der Waals surface area contributed by atoms with E-state index in [2.05, 4.69) is 0 Å². The molecule has 32 heavy (non-hydrogen) atoms. The molecule has 0 heterocycles. The summed E-state index contributed by atoms with van der Waals surface area (Å²) in [6, 6.07) is 14.0. The van der Waals surface area contributed by atoms with Gasteiger partial charge in [-0.15, -0.1) is 0 Å². The van der Waals surface area contributed by atoms with E-state index in [1.807, 2.05) is 32.9 Å². The van der Waals surface area contributed by atoms with Crippen LogP contribution in [-0.2, 0) is 27.7 Å². The molecule has 0 aliphatic heterocycles. The minimum Gasteiger partial charge on any atom is -0.477 e. The highest BCUT2D eigenvalue weighted by Gasteiger charge is 2.50. The zero-order valence-corrected chi connectivity index (χ0v) is 19.3. The summed E-state index contributed by atoms with van der Waals surface area (Å²) in [6.45, 7) is 7.30. The van der Waals surface area contributed by atoms with E-state index in [1.165, 1.54) is 6.92 Å². The molecule has 2 rings (SSSR count). The Hall–Kier alpha value is -2.55. The van der Waals surface area contributed by atoms with E-state index in [4.69, 9.17) is 4.74 Å². The largest absolute Gasteiger partial charge is 0.516 e. The molecule has 2 aromatic carbocycles. The number of halogens is 3. The van der Waals surface area contributed by atoms with Gasteiger partial charge < -0.3 is 4.74 Å². The van der Waals surface area contributed by atoms with Crippen molar-refractivity contribution in [3.8, 4) is 5.75 Å². The van der Waals surface area contributed by atoms with Gasteiger partial charge in [-0.1, -0.05) is 63.6 Å². The Kier molecular flexibility index (Phi) is 7.98. The van der Waals surface area contributed by atoms with Gasteiger partial charge in [0.25, 0.3) is 5.91 Å². The standard InChI is InChI=1S/C23H28F3NO4S/c1-5-6-17-7-9-18(10-8-17)15-22(4,21(28)27-32(29,30)23(24,25)26)31-20-13-11-19(12-14-20)16(2)3/h7-14,16H,5-6,15H2,1-4H3,(H,27,28). The van der Waals surface area contributed by atoms with Gasteiger partial charge in [0.15, 0.2) is 5.60 Å². The number of carbonyl (C=O) groups is 1. The van der Waals surface area contributed by atoms with Gasteiger partial charge in [-0.2, -0.15) is 21.6 Å². The van der Waals surface area contributed by atoms with E-state index in [9.17, 15) is 26.4 Å². The number of sulfonamides is 1. The summed E-state index contributed by atoms with van der Waals surface area (Å²) in [7, 11) is -5.88. The van der Waals surface area contributed by atoms with Crippen LogP contribution in [0.2, 0.25) is 0 Å². The number of aryl methyl sites for hydroxylation is 1. The van der Waals surface area contributed by atoms with Gasteiger partial charge in [-0.05, 0) is 48.1 Å². The van der Waals surface area contributed by atoms with Crippen LogP contribution in [0.25, 0.3) is 0 Å². The topological polar surface area (TPSA) is 72.5 Å². The first-order chi connectivity index (χ1) is 14.8. The van der Waals surface area contributed by atoms with Crippen LogP contribution in [-0.4, -0.2) is 25.4 Å². The molecule has 9 heteroatoms. The number of amides is 1. The van der Waals surface area contributed by atoms with Crippen molar-refractivity contribution < 1.29 is 31.1 Å². The fourth-order valence-electron chi connectivity index (χ4n) is 3.13. The second-order valence-electron chi connectivity index (χ2n) is 8.18. The van der Waals surface area contributed by atoms with Crippen LogP contribution in [0, 0.1) is 0 Å². The zero-order valence-electron chi connectivity index (χ0n) is 18.5. The van der Waals surface area contributed by atoms with E-state index < -0.39 is 27.0 Å². The van der Waals surface area contributed by atoms with Crippen molar-refractivity contribution in [3.05, 3.63) is 65.2 Å². The van der Waals surface area contributed by atoms with Crippen molar-refractivity contribution in [2.24, 2.45) is 0 Å². The Balaban J connectivity index is 2.36. The summed E-state index contributed by atoms with van der Waals surface area (Å²) < 4.78 is 68.5. The Bertz CT molecular complexity index is 1020. The maximum atomic E-state index is 12.8. The average Bonchev–Trinajstić information content (AvgIpc) is 2.69. The van der Waals surface area contributed by atoms with Gasteiger partial charge >= 0.3 is 15.5 Å². The monoisotopic (exact) mass is 471 g/mol. The molecule has 0 bridgehead atoms. The Morgan fingerprint density at radius 3 is 2.00 bits per heavy atom. The van der Waals surface area contributed by atoms with Crippen molar-refractivity contribution in [2.75, 3.05) is 0 Å². The van der Waals surface area contributed by atoms with Crippen LogP contribution in [0.4, 0.5) is 13.2 Å². The molecule has 1 atom stereocenters.